The molecule has 1 heterocycles. The predicted octanol–water partition coefficient (Wildman–Crippen LogP) is 5.07. The lowest BCUT2D eigenvalue weighted by atomic mass is 9.63. The number of ketones is 1. The summed E-state index contributed by atoms with van der Waals surface area (Å²) in [5.41, 5.74) is 1.90. The first-order valence-electron chi connectivity index (χ1n) is 10.9. The van der Waals surface area contributed by atoms with Crippen molar-refractivity contribution in [2.24, 2.45) is 35.0 Å². The van der Waals surface area contributed by atoms with Crippen LogP contribution < -0.4 is 0 Å². The molecule has 7 atom stereocenters. The molecule has 1 aliphatic heterocycles. The molecule has 152 valence electrons. The fourth-order valence-electron chi connectivity index (χ4n) is 6.60. The zero-order chi connectivity index (χ0) is 20.3. The molecule has 0 radical (unpaired) electrons. The summed E-state index contributed by atoms with van der Waals surface area (Å²) in [5, 5.41) is 0. The average molecular weight is 383 g/mol. The van der Waals surface area contributed by atoms with E-state index in [0.717, 1.165) is 24.7 Å². The second-order valence-electron chi connectivity index (χ2n) is 10.5. The van der Waals surface area contributed by atoms with Crippen LogP contribution in [0.4, 0.5) is 0 Å². The van der Waals surface area contributed by atoms with Gasteiger partial charge in [-0.2, -0.15) is 0 Å². The molecule has 28 heavy (non-hydrogen) atoms. The number of hydrogen-bond donors (Lipinski definition) is 0. The third-order valence-corrected chi connectivity index (χ3v) is 8.23. The molecule has 0 bridgehead atoms. The molecule has 0 spiro atoms. The summed E-state index contributed by atoms with van der Waals surface area (Å²) < 4.78 is 6.30. The van der Waals surface area contributed by atoms with E-state index < -0.39 is 0 Å². The minimum atomic E-state index is -0.242. The number of fused-ring (bicyclic) bond motifs is 2. The van der Waals surface area contributed by atoms with Gasteiger partial charge >= 0.3 is 0 Å². The van der Waals surface area contributed by atoms with Crippen LogP contribution >= 0.6 is 0 Å². The van der Waals surface area contributed by atoms with Crippen LogP contribution in [-0.2, 0) is 14.3 Å². The summed E-state index contributed by atoms with van der Waals surface area (Å²) in [6.07, 6.45) is 13.7. The summed E-state index contributed by atoms with van der Waals surface area (Å²) in [4.78, 5) is 24.4. The Bertz CT molecular complexity index is 771. The van der Waals surface area contributed by atoms with Crippen molar-refractivity contribution < 1.29 is 14.3 Å². The van der Waals surface area contributed by atoms with E-state index >= 15 is 0 Å². The van der Waals surface area contributed by atoms with Crippen molar-refractivity contribution in [2.75, 3.05) is 0 Å². The normalized spacial score (nSPS) is 44.8. The molecule has 3 heteroatoms. The van der Waals surface area contributed by atoms with Crippen LogP contribution in [0, 0.1) is 35.0 Å². The minimum absolute atomic E-state index is 0.123. The van der Waals surface area contributed by atoms with Gasteiger partial charge in [0.2, 0.25) is 0 Å². The number of allylic oxidation sites excluding steroid dienone is 4. The summed E-state index contributed by atoms with van der Waals surface area (Å²) >= 11 is 0. The largest absolute Gasteiger partial charge is 0.364 e. The highest BCUT2D eigenvalue weighted by atomic mass is 16.5. The van der Waals surface area contributed by atoms with Gasteiger partial charge in [0.25, 0.3) is 0 Å². The fourth-order valence-corrected chi connectivity index (χ4v) is 6.60. The van der Waals surface area contributed by atoms with Crippen LogP contribution in [-0.4, -0.2) is 23.8 Å². The maximum Gasteiger partial charge on any atom is 0.163 e. The minimum Gasteiger partial charge on any atom is -0.364 e. The lowest BCUT2D eigenvalue weighted by Gasteiger charge is -2.41. The molecule has 1 fully saturated rings. The summed E-state index contributed by atoms with van der Waals surface area (Å²) in [5.74, 6) is 1.63. The standard InChI is InChI=1S/C25H34O3/c1-15-12-21(27)23-17(14-26)6-7-20-18(8-11-25(20,5)13-19(15)23)16(2)22-9-10-24(3,4)28-22/h6,9-10,12,14,16,18-20,22-23H,7-8,11,13H2,1-5H3/b17-6-/t16-,18-,19-,20+,22-,23+,25-/m1/s1. The summed E-state index contributed by atoms with van der Waals surface area (Å²) in [6.45, 7) is 11.1. The summed E-state index contributed by atoms with van der Waals surface area (Å²) in [7, 11) is 0. The van der Waals surface area contributed by atoms with E-state index in [1.54, 1.807) is 6.08 Å². The van der Waals surface area contributed by atoms with Crippen LogP contribution in [0.15, 0.2) is 35.5 Å². The van der Waals surface area contributed by atoms with Crippen molar-refractivity contribution in [3.63, 3.8) is 0 Å². The van der Waals surface area contributed by atoms with Gasteiger partial charge in [-0.1, -0.05) is 37.6 Å². The topological polar surface area (TPSA) is 43.4 Å². The second-order valence-corrected chi connectivity index (χ2v) is 10.5. The van der Waals surface area contributed by atoms with Gasteiger partial charge < -0.3 is 4.74 Å². The van der Waals surface area contributed by atoms with E-state index in [0.29, 0.717) is 23.3 Å². The number of carbonyl (C=O) groups excluding carboxylic acids is 2. The van der Waals surface area contributed by atoms with Gasteiger partial charge in [-0.25, -0.2) is 0 Å². The Morgan fingerprint density at radius 2 is 2.04 bits per heavy atom. The molecule has 0 saturated heterocycles. The smallest absolute Gasteiger partial charge is 0.163 e. The van der Waals surface area contributed by atoms with E-state index in [1.807, 2.05) is 0 Å². The van der Waals surface area contributed by atoms with Gasteiger partial charge in [0.05, 0.1) is 17.6 Å². The molecule has 0 amide bonds. The van der Waals surface area contributed by atoms with E-state index in [9.17, 15) is 9.59 Å². The molecule has 1 saturated carbocycles. The second kappa shape index (κ2) is 6.79. The van der Waals surface area contributed by atoms with Crippen LogP contribution in [0.1, 0.15) is 60.3 Å². The van der Waals surface area contributed by atoms with E-state index in [2.05, 4.69) is 52.8 Å². The Morgan fingerprint density at radius 1 is 1.29 bits per heavy atom. The highest BCUT2D eigenvalue weighted by molar-refractivity contribution is 6.01. The lowest BCUT2D eigenvalue weighted by Crippen LogP contribution is -2.37. The Balaban J connectivity index is 1.63. The molecule has 3 aliphatic carbocycles. The molecule has 0 unspecified atom stereocenters. The van der Waals surface area contributed by atoms with Crippen molar-refractivity contribution >= 4 is 12.1 Å². The molecule has 4 aliphatic rings. The van der Waals surface area contributed by atoms with Crippen LogP contribution in [0.25, 0.3) is 0 Å². The molecule has 4 rings (SSSR count). The first-order valence-corrected chi connectivity index (χ1v) is 10.9. The van der Waals surface area contributed by atoms with Gasteiger partial charge in [0.15, 0.2) is 5.78 Å². The van der Waals surface area contributed by atoms with Gasteiger partial charge in [0.1, 0.15) is 6.29 Å². The molecule has 0 aromatic rings. The third-order valence-electron chi connectivity index (χ3n) is 8.23. The maximum atomic E-state index is 12.6. The first kappa shape index (κ1) is 19.8. The molecular weight excluding hydrogens is 348 g/mol. The highest BCUT2D eigenvalue weighted by Gasteiger charge is 2.52. The van der Waals surface area contributed by atoms with E-state index in [4.69, 9.17) is 4.74 Å². The number of ether oxygens (including phenoxy) is 1. The van der Waals surface area contributed by atoms with Crippen LogP contribution in [0.3, 0.4) is 0 Å². The van der Waals surface area contributed by atoms with Crippen LogP contribution in [0.5, 0.6) is 0 Å². The fraction of sp³-hybridized carbons (Fsp3) is 0.680. The SMILES string of the molecule is CC1=CC(=O)[C@H]2/C(C=O)=C\C[C@H]3[C@@H]([C@@H](C)[C@H]4C=CC(C)(C)O4)CC[C@]3(C)C[C@H]12. The van der Waals surface area contributed by atoms with Crippen LogP contribution in [0.2, 0.25) is 0 Å². The Labute approximate surface area is 169 Å². The molecule has 0 aromatic carbocycles. The van der Waals surface area contributed by atoms with E-state index in [-0.39, 0.29) is 34.7 Å². The van der Waals surface area contributed by atoms with Gasteiger partial charge in [-0.3, -0.25) is 9.59 Å². The van der Waals surface area contributed by atoms with Crippen molar-refractivity contribution in [2.45, 2.75) is 72.0 Å². The highest BCUT2D eigenvalue weighted by Crippen LogP contribution is 2.58. The quantitative estimate of drug-likeness (QED) is 0.506. The van der Waals surface area contributed by atoms with Crippen molar-refractivity contribution in [3.05, 3.63) is 35.5 Å². The monoisotopic (exact) mass is 382 g/mol. The van der Waals surface area contributed by atoms with Gasteiger partial charge in [-0.15, -0.1) is 0 Å². The molecular formula is C25H34O3. The van der Waals surface area contributed by atoms with E-state index in [1.165, 1.54) is 12.8 Å². The molecule has 0 aromatic heterocycles. The average Bonchev–Trinajstić information content (AvgIpc) is 3.22. The van der Waals surface area contributed by atoms with Crippen molar-refractivity contribution in [1.82, 2.24) is 0 Å². The zero-order valence-corrected chi connectivity index (χ0v) is 17.9. The molecule has 0 N–H and O–H groups in total. The van der Waals surface area contributed by atoms with Gasteiger partial charge in [-0.05, 0) is 87.2 Å². The van der Waals surface area contributed by atoms with Gasteiger partial charge in [0, 0.05) is 0 Å². The number of carbonyl (C=O) groups is 2. The summed E-state index contributed by atoms with van der Waals surface area (Å²) in [6, 6.07) is 0. The Morgan fingerprint density at radius 3 is 2.68 bits per heavy atom. The maximum absolute atomic E-state index is 12.6. The predicted molar refractivity (Wildman–Crippen MR) is 111 cm³/mol. The third kappa shape index (κ3) is 3.16. The number of rotatable bonds is 3. The molecule has 3 nitrogen and oxygen atoms in total. The lowest BCUT2D eigenvalue weighted by molar-refractivity contribution is -0.119. The van der Waals surface area contributed by atoms with Crippen molar-refractivity contribution in [3.8, 4) is 0 Å². The number of hydrogen-bond acceptors (Lipinski definition) is 3. The zero-order valence-electron chi connectivity index (χ0n) is 17.9. The van der Waals surface area contributed by atoms with Crippen molar-refractivity contribution in [1.29, 1.82) is 0 Å². The Kier molecular flexibility index (Phi) is 4.81. The Hall–Kier alpha value is -1.48. The number of aldehydes is 1. The first-order chi connectivity index (χ1) is 13.1.